The van der Waals surface area contributed by atoms with Gasteiger partial charge in [-0.3, -0.25) is 4.79 Å². The highest BCUT2D eigenvalue weighted by Crippen LogP contribution is 2.29. The normalized spacial score (nSPS) is 18.6. The summed E-state index contributed by atoms with van der Waals surface area (Å²) in [4.78, 5) is 10.9. The van der Waals surface area contributed by atoms with Gasteiger partial charge in [0.15, 0.2) is 0 Å². The summed E-state index contributed by atoms with van der Waals surface area (Å²) < 4.78 is 27.2. The summed E-state index contributed by atoms with van der Waals surface area (Å²) in [5.74, 6) is -1.01. The van der Waals surface area contributed by atoms with E-state index >= 15 is 0 Å². The van der Waals surface area contributed by atoms with Crippen LogP contribution in [0.2, 0.25) is 0 Å². The molecule has 0 bridgehead atoms. The molecule has 1 rings (SSSR count). The van der Waals surface area contributed by atoms with Crippen LogP contribution in [0.3, 0.4) is 0 Å². The molecule has 0 spiro atoms. The standard InChI is InChI=1S/C10H20N2O4S/c1-7(2)9(10(13)14)11-17(15,16)12(3)6-8-4-5-8/h7-9,11H,4-6H2,1-3H3,(H,13,14)/t9-/m1/s1. The molecule has 0 amide bonds. The topological polar surface area (TPSA) is 86.7 Å². The van der Waals surface area contributed by atoms with Crippen molar-refractivity contribution in [3.05, 3.63) is 0 Å². The van der Waals surface area contributed by atoms with Crippen molar-refractivity contribution >= 4 is 16.2 Å². The van der Waals surface area contributed by atoms with Crippen LogP contribution in [0.15, 0.2) is 0 Å². The van der Waals surface area contributed by atoms with Crippen molar-refractivity contribution in [2.45, 2.75) is 32.7 Å². The van der Waals surface area contributed by atoms with Crippen LogP contribution in [0, 0.1) is 11.8 Å². The highest BCUT2D eigenvalue weighted by molar-refractivity contribution is 7.87. The molecule has 0 aromatic carbocycles. The van der Waals surface area contributed by atoms with Gasteiger partial charge in [-0.1, -0.05) is 13.8 Å². The summed E-state index contributed by atoms with van der Waals surface area (Å²) in [6.45, 7) is 3.80. The van der Waals surface area contributed by atoms with Gasteiger partial charge in [0.2, 0.25) is 0 Å². The summed E-state index contributed by atoms with van der Waals surface area (Å²) in [5, 5.41) is 8.94. The Hall–Kier alpha value is -0.660. The molecule has 1 saturated carbocycles. The fraction of sp³-hybridized carbons (Fsp3) is 0.900. The first-order valence-electron chi connectivity index (χ1n) is 5.70. The van der Waals surface area contributed by atoms with E-state index in [1.165, 1.54) is 11.4 Å². The molecule has 1 atom stereocenters. The smallest absolute Gasteiger partial charge is 0.322 e. The van der Waals surface area contributed by atoms with Crippen LogP contribution in [-0.4, -0.2) is 43.4 Å². The Kier molecular flexibility index (Phi) is 4.51. The Bertz CT molecular complexity index is 376. The van der Waals surface area contributed by atoms with Gasteiger partial charge in [-0.25, -0.2) is 0 Å². The Labute approximate surface area is 102 Å². The number of carboxylic acids is 1. The van der Waals surface area contributed by atoms with E-state index in [9.17, 15) is 13.2 Å². The minimum atomic E-state index is -3.70. The average Bonchev–Trinajstić information content (AvgIpc) is 2.97. The van der Waals surface area contributed by atoms with Gasteiger partial charge in [-0.2, -0.15) is 17.4 Å². The molecule has 0 aromatic heterocycles. The summed E-state index contributed by atoms with van der Waals surface area (Å²) >= 11 is 0. The van der Waals surface area contributed by atoms with Gasteiger partial charge in [-0.15, -0.1) is 0 Å². The van der Waals surface area contributed by atoms with Crippen molar-refractivity contribution in [3.63, 3.8) is 0 Å². The quantitative estimate of drug-likeness (QED) is 0.691. The van der Waals surface area contributed by atoms with Crippen LogP contribution >= 0.6 is 0 Å². The number of hydrogen-bond donors (Lipinski definition) is 2. The Morgan fingerprint density at radius 1 is 1.47 bits per heavy atom. The molecule has 6 nitrogen and oxygen atoms in total. The maximum atomic E-state index is 11.9. The zero-order chi connectivity index (χ0) is 13.2. The number of carbonyl (C=O) groups is 1. The maximum Gasteiger partial charge on any atom is 0.322 e. The van der Waals surface area contributed by atoms with Crippen LogP contribution in [0.1, 0.15) is 26.7 Å². The van der Waals surface area contributed by atoms with E-state index in [1.807, 2.05) is 0 Å². The lowest BCUT2D eigenvalue weighted by Gasteiger charge is -2.22. The SMILES string of the molecule is CC(C)[C@@H](NS(=O)(=O)N(C)CC1CC1)C(=O)O. The molecule has 2 N–H and O–H groups in total. The van der Waals surface area contributed by atoms with Crippen molar-refractivity contribution < 1.29 is 18.3 Å². The van der Waals surface area contributed by atoms with Crippen molar-refractivity contribution in [1.82, 2.24) is 9.03 Å². The molecule has 0 aromatic rings. The highest BCUT2D eigenvalue weighted by Gasteiger charge is 2.32. The summed E-state index contributed by atoms with van der Waals surface area (Å²) in [7, 11) is -2.23. The molecule has 0 radical (unpaired) electrons. The zero-order valence-corrected chi connectivity index (χ0v) is 11.2. The van der Waals surface area contributed by atoms with E-state index in [1.54, 1.807) is 13.8 Å². The molecule has 0 unspecified atom stereocenters. The van der Waals surface area contributed by atoms with Crippen molar-refractivity contribution in [1.29, 1.82) is 0 Å². The van der Waals surface area contributed by atoms with Gasteiger partial charge >= 0.3 is 5.97 Å². The highest BCUT2D eigenvalue weighted by atomic mass is 32.2. The molecule has 1 aliphatic carbocycles. The fourth-order valence-corrected chi connectivity index (χ4v) is 2.77. The second kappa shape index (κ2) is 5.32. The Morgan fingerprint density at radius 3 is 2.35 bits per heavy atom. The predicted octanol–water partition coefficient (Wildman–Crippen LogP) is 0.272. The molecule has 0 aliphatic heterocycles. The first-order valence-corrected chi connectivity index (χ1v) is 7.14. The van der Waals surface area contributed by atoms with Crippen LogP contribution in [-0.2, 0) is 15.0 Å². The molecule has 1 aliphatic rings. The van der Waals surface area contributed by atoms with E-state index in [4.69, 9.17) is 5.11 Å². The van der Waals surface area contributed by atoms with E-state index in [2.05, 4.69) is 4.72 Å². The Balaban J connectivity index is 2.65. The lowest BCUT2D eigenvalue weighted by atomic mass is 10.1. The van der Waals surface area contributed by atoms with Gasteiger partial charge in [0.25, 0.3) is 10.2 Å². The van der Waals surface area contributed by atoms with E-state index in [0.29, 0.717) is 12.5 Å². The third-order valence-corrected chi connectivity index (χ3v) is 4.35. The third kappa shape index (κ3) is 4.25. The van der Waals surface area contributed by atoms with Gasteiger partial charge in [0, 0.05) is 13.6 Å². The van der Waals surface area contributed by atoms with Gasteiger partial charge < -0.3 is 5.11 Å². The summed E-state index contributed by atoms with van der Waals surface area (Å²) in [5.41, 5.74) is 0. The molecular weight excluding hydrogens is 244 g/mol. The number of carboxylic acid groups (broad SMARTS) is 1. The molecule has 7 heteroatoms. The number of nitrogens with zero attached hydrogens (tertiary/aromatic N) is 1. The van der Waals surface area contributed by atoms with Crippen LogP contribution < -0.4 is 4.72 Å². The number of rotatable bonds is 7. The minimum absolute atomic E-state index is 0.295. The molecule has 17 heavy (non-hydrogen) atoms. The molecule has 1 fully saturated rings. The van der Waals surface area contributed by atoms with Gasteiger partial charge in [0.1, 0.15) is 6.04 Å². The van der Waals surface area contributed by atoms with Crippen LogP contribution in [0.25, 0.3) is 0 Å². The molecular formula is C10H20N2O4S. The number of nitrogens with one attached hydrogen (secondary N) is 1. The Morgan fingerprint density at radius 2 is 2.00 bits per heavy atom. The van der Waals surface area contributed by atoms with E-state index < -0.39 is 22.2 Å². The summed E-state index contributed by atoms with van der Waals surface area (Å²) in [6.07, 6.45) is 2.10. The second-order valence-electron chi connectivity index (χ2n) is 4.91. The molecule has 0 saturated heterocycles. The molecule has 100 valence electrons. The first kappa shape index (κ1) is 14.4. The summed E-state index contributed by atoms with van der Waals surface area (Å²) in [6, 6.07) is -1.08. The predicted molar refractivity (Wildman–Crippen MR) is 63.7 cm³/mol. The average molecular weight is 264 g/mol. The van der Waals surface area contributed by atoms with E-state index in [0.717, 1.165) is 12.8 Å². The van der Waals surface area contributed by atoms with Crippen LogP contribution in [0.4, 0.5) is 0 Å². The minimum Gasteiger partial charge on any atom is -0.480 e. The van der Waals surface area contributed by atoms with Crippen LogP contribution in [0.5, 0.6) is 0 Å². The largest absolute Gasteiger partial charge is 0.480 e. The lowest BCUT2D eigenvalue weighted by Crippen LogP contribution is -2.49. The monoisotopic (exact) mass is 264 g/mol. The third-order valence-electron chi connectivity index (χ3n) is 2.83. The van der Waals surface area contributed by atoms with Gasteiger partial charge in [-0.05, 0) is 24.7 Å². The van der Waals surface area contributed by atoms with E-state index in [-0.39, 0.29) is 5.92 Å². The lowest BCUT2D eigenvalue weighted by molar-refractivity contribution is -0.140. The van der Waals surface area contributed by atoms with Crippen molar-refractivity contribution in [2.75, 3.05) is 13.6 Å². The fourth-order valence-electron chi connectivity index (χ4n) is 1.48. The molecule has 0 heterocycles. The first-order chi connectivity index (χ1) is 7.74. The van der Waals surface area contributed by atoms with Crippen molar-refractivity contribution in [2.24, 2.45) is 11.8 Å². The number of aliphatic carboxylic acids is 1. The van der Waals surface area contributed by atoms with Gasteiger partial charge in [0.05, 0.1) is 0 Å². The zero-order valence-electron chi connectivity index (χ0n) is 10.4. The second-order valence-corrected chi connectivity index (χ2v) is 6.72. The number of hydrogen-bond acceptors (Lipinski definition) is 3. The maximum absolute atomic E-state index is 11.9. The van der Waals surface area contributed by atoms with Crippen molar-refractivity contribution in [3.8, 4) is 0 Å².